The zero-order chi connectivity index (χ0) is 18.9. The van der Waals surface area contributed by atoms with Crippen molar-refractivity contribution in [1.82, 2.24) is 4.40 Å². The second-order valence-electron chi connectivity index (χ2n) is 8.33. The number of carbonyl (C=O) groups is 1. The molecule has 2 saturated carbocycles. The summed E-state index contributed by atoms with van der Waals surface area (Å²) >= 11 is 6.42. The number of ether oxygens (including phenoxy) is 1. The lowest BCUT2D eigenvalue weighted by Crippen LogP contribution is -2.15. The largest absolute Gasteiger partial charge is 0.384 e. The molecule has 2 aromatic rings. The molecule has 0 radical (unpaired) electrons. The van der Waals surface area contributed by atoms with Crippen molar-refractivity contribution >= 4 is 22.9 Å². The van der Waals surface area contributed by atoms with Gasteiger partial charge in [-0.2, -0.15) is 0 Å². The van der Waals surface area contributed by atoms with E-state index in [4.69, 9.17) is 16.3 Å². The van der Waals surface area contributed by atoms with Crippen LogP contribution < -0.4 is 0 Å². The smallest absolute Gasteiger partial charge is 0.187 e. The molecule has 1 spiro atoms. The van der Waals surface area contributed by atoms with Crippen LogP contribution in [0.25, 0.3) is 5.52 Å². The molecule has 4 heteroatoms. The first-order valence-electron chi connectivity index (χ1n) is 10.1. The number of hydrogen-bond acceptors (Lipinski definition) is 2. The Bertz CT molecular complexity index is 863. The molecule has 0 aliphatic heterocycles. The van der Waals surface area contributed by atoms with Crippen LogP contribution in [0, 0.1) is 11.3 Å². The number of nitrogens with zero attached hydrogens (tertiary/aromatic N) is 1. The highest BCUT2D eigenvalue weighted by atomic mass is 35.5. The van der Waals surface area contributed by atoms with Gasteiger partial charge in [-0.15, -0.1) is 0 Å². The van der Waals surface area contributed by atoms with Crippen molar-refractivity contribution in [3.05, 3.63) is 52.8 Å². The predicted molar refractivity (Wildman–Crippen MR) is 110 cm³/mol. The number of aromatic nitrogens is 1. The molecule has 144 valence electrons. The summed E-state index contributed by atoms with van der Waals surface area (Å²) in [5.41, 5.74) is 3.22. The first kappa shape index (κ1) is 18.8. The molecule has 2 aromatic heterocycles. The molecule has 2 aliphatic carbocycles. The van der Waals surface area contributed by atoms with E-state index in [1.54, 1.807) is 13.2 Å². The third kappa shape index (κ3) is 4.00. The molecule has 0 saturated heterocycles. The summed E-state index contributed by atoms with van der Waals surface area (Å²) in [6, 6.07) is 5.72. The van der Waals surface area contributed by atoms with Crippen molar-refractivity contribution in [2.75, 3.05) is 13.7 Å². The molecule has 4 rings (SSSR count). The average molecular weight is 386 g/mol. The second-order valence-corrected chi connectivity index (χ2v) is 8.74. The maximum atomic E-state index is 12.9. The van der Waals surface area contributed by atoms with Crippen LogP contribution in [0.5, 0.6) is 0 Å². The Balaban J connectivity index is 1.50. The molecule has 27 heavy (non-hydrogen) atoms. The first-order valence-corrected chi connectivity index (χ1v) is 10.5. The molecule has 2 aliphatic rings. The Kier molecular flexibility index (Phi) is 5.43. The maximum absolute atomic E-state index is 12.9. The van der Waals surface area contributed by atoms with E-state index in [1.807, 2.05) is 28.8 Å². The van der Waals surface area contributed by atoms with Gasteiger partial charge in [0.05, 0.1) is 17.1 Å². The standard InChI is InChI=1S/C23H28ClNO2/c1-27-14-9-18-15-19(22-20(24)7-4-13-25(18)22)21(26)8-2-5-17-6-3-10-23(16-17)11-12-23/h2,4,7-8,13,15,17H,3,5-6,9-12,14,16H2,1H3/b8-2+. The molecule has 0 bridgehead atoms. The van der Waals surface area contributed by atoms with Crippen LogP contribution in [0.4, 0.5) is 0 Å². The lowest BCUT2D eigenvalue weighted by Gasteiger charge is -2.28. The molecule has 3 nitrogen and oxygen atoms in total. The Morgan fingerprint density at radius 2 is 2.26 bits per heavy atom. The fraction of sp³-hybridized carbons (Fsp3) is 0.522. The van der Waals surface area contributed by atoms with Crippen molar-refractivity contribution in [1.29, 1.82) is 0 Å². The summed E-state index contributed by atoms with van der Waals surface area (Å²) in [5, 5.41) is 0.612. The topological polar surface area (TPSA) is 30.7 Å². The van der Waals surface area contributed by atoms with Crippen LogP contribution in [-0.4, -0.2) is 23.9 Å². The quantitative estimate of drug-likeness (QED) is 0.440. The van der Waals surface area contributed by atoms with E-state index in [0.29, 0.717) is 22.6 Å². The van der Waals surface area contributed by atoms with E-state index in [9.17, 15) is 4.79 Å². The minimum Gasteiger partial charge on any atom is -0.384 e. The highest BCUT2D eigenvalue weighted by Gasteiger charge is 2.45. The first-order chi connectivity index (χ1) is 13.1. The molecule has 0 amide bonds. The van der Waals surface area contributed by atoms with E-state index < -0.39 is 0 Å². The van der Waals surface area contributed by atoms with Crippen LogP contribution in [0.3, 0.4) is 0 Å². The van der Waals surface area contributed by atoms with E-state index in [-0.39, 0.29) is 5.78 Å². The monoisotopic (exact) mass is 385 g/mol. The number of halogens is 1. The predicted octanol–water partition coefficient (Wildman–Crippen LogP) is 5.88. The zero-order valence-corrected chi connectivity index (χ0v) is 16.8. The number of carbonyl (C=O) groups excluding carboxylic acids is 1. The Hall–Kier alpha value is -1.58. The van der Waals surface area contributed by atoms with E-state index in [0.717, 1.165) is 30.0 Å². The Morgan fingerprint density at radius 1 is 1.41 bits per heavy atom. The highest BCUT2D eigenvalue weighted by molar-refractivity contribution is 6.35. The summed E-state index contributed by atoms with van der Waals surface area (Å²) in [5.74, 6) is 0.790. The molecule has 1 atom stereocenters. The van der Waals surface area contributed by atoms with Gasteiger partial charge in [0.1, 0.15) is 0 Å². The number of hydrogen-bond donors (Lipinski definition) is 0. The number of allylic oxidation sites excluding steroid dienone is 2. The van der Waals surface area contributed by atoms with Crippen molar-refractivity contribution in [2.45, 2.75) is 51.4 Å². The van der Waals surface area contributed by atoms with Gasteiger partial charge in [-0.1, -0.05) is 30.5 Å². The number of fused-ring (bicyclic) bond motifs is 1. The van der Waals surface area contributed by atoms with Crippen LogP contribution in [0.2, 0.25) is 5.02 Å². The van der Waals surface area contributed by atoms with Crippen molar-refractivity contribution < 1.29 is 9.53 Å². The lowest BCUT2D eigenvalue weighted by atomic mass is 9.77. The third-order valence-electron chi connectivity index (χ3n) is 6.39. The molecular formula is C23H28ClNO2. The van der Waals surface area contributed by atoms with Gasteiger partial charge in [0.15, 0.2) is 5.78 Å². The average Bonchev–Trinajstić information content (AvgIpc) is 3.28. The van der Waals surface area contributed by atoms with Crippen LogP contribution >= 0.6 is 11.6 Å². The van der Waals surface area contributed by atoms with Crippen molar-refractivity contribution in [2.24, 2.45) is 11.3 Å². The van der Waals surface area contributed by atoms with Gasteiger partial charge in [-0.3, -0.25) is 4.79 Å². The SMILES string of the molecule is COCCc1cc(C(=O)/C=C/CC2CCCC3(CC3)C2)c2c(Cl)cccn12. The Morgan fingerprint density at radius 3 is 3.04 bits per heavy atom. The second kappa shape index (κ2) is 7.81. The van der Waals surface area contributed by atoms with Gasteiger partial charge >= 0.3 is 0 Å². The number of methoxy groups -OCH3 is 1. The summed E-state index contributed by atoms with van der Waals surface area (Å²) in [6.07, 6.45) is 15.9. The van der Waals surface area contributed by atoms with Gasteiger partial charge in [0, 0.05) is 31.0 Å². The highest BCUT2D eigenvalue weighted by Crippen LogP contribution is 2.58. The molecule has 0 aromatic carbocycles. The summed E-state index contributed by atoms with van der Waals surface area (Å²) < 4.78 is 7.22. The molecule has 2 fully saturated rings. The summed E-state index contributed by atoms with van der Waals surface area (Å²) in [4.78, 5) is 12.9. The fourth-order valence-electron chi connectivity index (χ4n) is 4.74. The van der Waals surface area contributed by atoms with Gasteiger partial charge in [0.2, 0.25) is 0 Å². The normalized spacial score (nSPS) is 21.3. The number of ketones is 1. The number of rotatable bonds is 7. The van der Waals surface area contributed by atoms with Crippen LogP contribution in [0.1, 0.15) is 61.0 Å². The van der Waals surface area contributed by atoms with Crippen molar-refractivity contribution in [3.63, 3.8) is 0 Å². The van der Waals surface area contributed by atoms with Gasteiger partial charge in [0.25, 0.3) is 0 Å². The van der Waals surface area contributed by atoms with Crippen LogP contribution in [0.15, 0.2) is 36.5 Å². The molecule has 1 unspecified atom stereocenters. The summed E-state index contributed by atoms with van der Waals surface area (Å²) in [7, 11) is 1.69. The molecule has 0 N–H and O–H groups in total. The molecular weight excluding hydrogens is 358 g/mol. The van der Waals surface area contributed by atoms with Gasteiger partial charge in [-0.05, 0) is 67.7 Å². The maximum Gasteiger partial charge on any atom is 0.187 e. The van der Waals surface area contributed by atoms with E-state index >= 15 is 0 Å². The van der Waals surface area contributed by atoms with E-state index in [1.165, 1.54) is 38.5 Å². The van der Waals surface area contributed by atoms with Crippen molar-refractivity contribution in [3.8, 4) is 0 Å². The minimum absolute atomic E-state index is 0.0428. The van der Waals surface area contributed by atoms with Gasteiger partial charge < -0.3 is 9.14 Å². The lowest BCUT2D eigenvalue weighted by molar-refractivity contribution is 0.104. The zero-order valence-electron chi connectivity index (χ0n) is 16.0. The Labute approximate surface area is 166 Å². The third-order valence-corrected chi connectivity index (χ3v) is 6.69. The fourth-order valence-corrected chi connectivity index (χ4v) is 5.01. The van der Waals surface area contributed by atoms with Gasteiger partial charge in [-0.25, -0.2) is 0 Å². The minimum atomic E-state index is 0.0428. The molecule has 2 heterocycles. The van der Waals surface area contributed by atoms with Crippen LogP contribution in [-0.2, 0) is 11.2 Å². The summed E-state index contributed by atoms with van der Waals surface area (Å²) in [6.45, 7) is 0.617. The van der Waals surface area contributed by atoms with E-state index in [2.05, 4.69) is 6.08 Å². The number of pyridine rings is 1.